The number of hydrogen-bond donors (Lipinski definition) is 1. The lowest BCUT2D eigenvalue weighted by molar-refractivity contribution is 0.319. The number of H-pyrrole nitrogens is 1. The van der Waals surface area contributed by atoms with Gasteiger partial charge in [-0.05, 0) is 53.6 Å². The number of rotatable bonds is 4. The number of nitrogens with zero attached hydrogens (tertiary/aromatic N) is 1. The number of hydrogen-bond acceptors (Lipinski definition) is 3. The summed E-state index contributed by atoms with van der Waals surface area (Å²) in [6.07, 6.45) is 2.42. The zero-order chi connectivity index (χ0) is 22.2. The molecule has 1 saturated heterocycles. The molecule has 1 aliphatic heterocycles. The van der Waals surface area contributed by atoms with Crippen molar-refractivity contribution in [2.24, 2.45) is 0 Å². The molecule has 0 spiro atoms. The van der Waals surface area contributed by atoms with Gasteiger partial charge in [-0.25, -0.2) is 21.6 Å². The Hall–Kier alpha value is -2.91. The zero-order valence-electron chi connectivity index (χ0n) is 16.3. The first-order chi connectivity index (χ1) is 14.8. The Kier molecular flexibility index (Phi) is 5.72. The summed E-state index contributed by atoms with van der Waals surface area (Å²) in [6.45, 7) is 0.671. The minimum atomic E-state index is -3.68. The van der Waals surface area contributed by atoms with Crippen molar-refractivity contribution >= 4 is 10.0 Å². The Bertz CT molecular complexity index is 1220. The van der Waals surface area contributed by atoms with Gasteiger partial charge in [0, 0.05) is 25.4 Å². The largest absolute Gasteiger partial charge is 0.328 e. The number of pyridine rings is 1. The van der Waals surface area contributed by atoms with Crippen LogP contribution in [0.1, 0.15) is 24.3 Å². The fourth-order valence-corrected chi connectivity index (χ4v) is 5.24. The van der Waals surface area contributed by atoms with Gasteiger partial charge in [0.25, 0.3) is 0 Å². The lowest BCUT2D eigenvalue weighted by atomic mass is 9.89. The van der Waals surface area contributed by atoms with E-state index < -0.39 is 27.5 Å². The van der Waals surface area contributed by atoms with E-state index in [9.17, 15) is 26.4 Å². The van der Waals surface area contributed by atoms with Crippen LogP contribution in [0.4, 0.5) is 13.2 Å². The summed E-state index contributed by atoms with van der Waals surface area (Å²) < 4.78 is 67.0. The van der Waals surface area contributed by atoms with Crippen molar-refractivity contribution < 1.29 is 21.6 Å². The first-order valence-corrected chi connectivity index (χ1v) is 11.1. The molecule has 1 aromatic heterocycles. The molecule has 2 aromatic carbocycles. The number of benzene rings is 2. The fourth-order valence-electron chi connectivity index (χ4n) is 3.81. The van der Waals surface area contributed by atoms with Crippen molar-refractivity contribution in [1.82, 2.24) is 9.29 Å². The second-order valence-corrected chi connectivity index (χ2v) is 9.38. The van der Waals surface area contributed by atoms with Crippen LogP contribution in [0.3, 0.4) is 0 Å². The van der Waals surface area contributed by atoms with Crippen LogP contribution in [-0.2, 0) is 10.0 Å². The number of sulfonamides is 1. The molecule has 4 rings (SSSR count). The Balaban J connectivity index is 1.46. The summed E-state index contributed by atoms with van der Waals surface area (Å²) in [5.41, 5.74) is 1.42. The second kappa shape index (κ2) is 8.32. The molecule has 2 heterocycles. The fraction of sp³-hybridized carbons (Fsp3) is 0.227. The molecule has 162 valence electrons. The highest BCUT2D eigenvalue weighted by molar-refractivity contribution is 7.89. The van der Waals surface area contributed by atoms with E-state index in [0.29, 0.717) is 31.5 Å². The number of nitrogens with one attached hydrogen (secondary N) is 1. The molecule has 0 atom stereocenters. The Morgan fingerprint density at radius 3 is 2.03 bits per heavy atom. The summed E-state index contributed by atoms with van der Waals surface area (Å²) >= 11 is 0. The number of halogens is 3. The zero-order valence-corrected chi connectivity index (χ0v) is 17.1. The van der Waals surface area contributed by atoms with Gasteiger partial charge in [-0.2, -0.15) is 4.31 Å². The monoisotopic (exact) mass is 448 g/mol. The molecule has 31 heavy (non-hydrogen) atoms. The molecule has 1 N–H and O–H groups in total. The van der Waals surface area contributed by atoms with Crippen LogP contribution in [0, 0.1) is 17.5 Å². The first kappa shape index (κ1) is 21.3. The van der Waals surface area contributed by atoms with Gasteiger partial charge in [-0.3, -0.25) is 4.79 Å². The van der Waals surface area contributed by atoms with Crippen molar-refractivity contribution in [3.63, 3.8) is 0 Å². The first-order valence-electron chi connectivity index (χ1n) is 9.69. The third-order valence-electron chi connectivity index (χ3n) is 5.55. The van der Waals surface area contributed by atoms with E-state index in [4.69, 9.17) is 0 Å². The predicted octanol–water partition coefficient (Wildman–Crippen LogP) is 4.03. The average Bonchev–Trinajstić information content (AvgIpc) is 2.77. The molecule has 0 radical (unpaired) electrons. The van der Waals surface area contributed by atoms with Gasteiger partial charge in [-0.15, -0.1) is 0 Å². The average molecular weight is 448 g/mol. The van der Waals surface area contributed by atoms with Gasteiger partial charge >= 0.3 is 0 Å². The second-order valence-electron chi connectivity index (χ2n) is 7.44. The summed E-state index contributed by atoms with van der Waals surface area (Å²) in [5.74, 6) is -3.84. The molecule has 1 aliphatic rings. The van der Waals surface area contributed by atoms with Gasteiger partial charge in [0.15, 0.2) is 17.5 Å². The highest BCUT2D eigenvalue weighted by Gasteiger charge is 2.30. The maximum absolute atomic E-state index is 13.5. The lowest BCUT2D eigenvalue weighted by Gasteiger charge is -2.31. The molecule has 9 heteroatoms. The number of aromatic nitrogens is 1. The van der Waals surface area contributed by atoms with E-state index in [1.165, 1.54) is 22.6 Å². The molecular weight excluding hydrogens is 429 g/mol. The molecule has 0 saturated carbocycles. The van der Waals surface area contributed by atoms with Crippen molar-refractivity contribution in [2.75, 3.05) is 13.1 Å². The van der Waals surface area contributed by atoms with E-state index >= 15 is 0 Å². The summed E-state index contributed by atoms with van der Waals surface area (Å²) in [7, 11) is -3.68. The molecular formula is C22H19F3N2O3S. The standard InChI is InChI=1S/C22H19F3N2O3S/c23-19-11-17(12-20(24)22(19)25)15-3-1-14(2-4-15)16-7-9-27(10-8-16)31(29,30)18-5-6-21(28)26-13-18/h1-6,11-13,16H,7-10H2,(H,26,28). The Morgan fingerprint density at radius 2 is 1.48 bits per heavy atom. The topological polar surface area (TPSA) is 70.2 Å². The molecule has 1 fully saturated rings. The number of piperidine rings is 1. The minimum absolute atomic E-state index is 0.0497. The maximum atomic E-state index is 13.5. The molecule has 0 unspecified atom stereocenters. The van der Waals surface area contributed by atoms with Crippen LogP contribution in [0.25, 0.3) is 11.1 Å². The van der Waals surface area contributed by atoms with Crippen LogP contribution in [0.5, 0.6) is 0 Å². The van der Waals surface area contributed by atoms with E-state index in [0.717, 1.165) is 17.7 Å². The Labute approximate surface area is 177 Å². The molecule has 0 bridgehead atoms. The van der Waals surface area contributed by atoms with Crippen LogP contribution < -0.4 is 5.56 Å². The SMILES string of the molecule is O=c1ccc(S(=O)(=O)N2CCC(c3ccc(-c4cc(F)c(F)c(F)c4)cc3)CC2)c[nH]1. The molecule has 0 aliphatic carbocycles. The van der Waals surface area contributed by atoms with Crippen LogP contribution >= 0.6 is 0 Å². The van der Waals surface area contributed by atoms with E-state index in [-0.39, 0.29) is 21.9 Å². The smallest absolute Gasteiger partial charge is 0.247 e. The highest BCUT2D eigenvalue weighted by Crippen LogP contribution is 2.32. The number of aromatic amines is 1. The van der Waals surface area contributed by atoms with Crippen molar-refractivity contribution in [3.8, 4) is 11.1 Å². The van der Waals surface area contributed by atoms with Crippen LogP contribution in [-0.4, -0.2) is 30.8 Å². The maximum Gasteiger partial charge on any atom is 0.247 e. The third kappa shape index (κ3) is 4.28. The van der Waals surface area contributed by atoms with Gasteiger partial charge in [-0.1, -0.05) is 24.3 Å². The van der Waals surface area contributed by atoms with E-state index in [1.54, 1.807) is 12.1 Å². The summed E-state index contributed by atoms with van der Waals surface area (Å²) in [6, 6.07) is 11.5. The normalized spacial score (nSPS) is 15.8. The minimum Gasteiger partial charge on any atom is -0.328 e. The van der Waals surface area contributed by atoms with Gasteiger partial charge in [0.2, 0.25) is 15.6 Å². The molecule has 3 aromatic rings. The van der Waals surface area contributed by atoms with Crippen LogP contribution in [0.2, 0.25) is 0 Å². The molecule has 0 amide bonds. The summed E-state index contributed by atoms with van der Waals surface area (Å²) in [5, 5.41) is 0. The van der Waals surface area contributed by atoms with Crippen LogP contribution in [0.15, 0.2) is 64.4 Å². The summed E-state index contributed by atoms with van der Waals surface area (Å²) in [4.78, 5) is 13.6. The van der Waals surface area contributed by atoms with E-state index in [2.05, 4.69) is 4.98 Å². The van der Waals surface area contributed by atoms with Crippen molar-refractivity contribution in [3.05, 3.63) is 88.1 Å². The quantitative estimate of drug-likeness (QED) is 0.613. The molecule has 5 nitrogen and oxygen atoms in total. The lowest BCUT2D eigenvalue weighted by Crippen LogP contribution is -2.38. The van der Waals surface area contributed by atoms with Gasteiger partial charge in [0.05, 0.1) is 4.90 Å². The van der Waals surface area contributed by atoms with Gasteiger partial charge < -0.3 is 4.98 Å². The van der Waals surface area contributed by atoms with Crippen molar-refractivity contribution in [1.29, 1.82) is 0 Å². The predicted molar refractivity (Wildman–Crippen MR) is 110 cm³/mol. The Morgan fingerprint density at radius 1 is 0.871 bits per heavy atom. The highest BCUT2D eigenvalue weighted by atomic mass is 32.2. The van der Waals surface area contributed by atoms with E-state index in [1.807, 2.05) is 12.1 Å². The van der Waals surface area contributed by atoms with Crippen molar-refractivity contribution in [2.45, 2.75) is 23.7 Å². The van der Waals surface area contributed by atoms with Gasteiger partial charge in [0.1, 0.15) is 0 Å². The third-order valence-corrected chi connectivity index (χ3v) is 7.44.